The summed E-state index contributed by atoms with van der Waals surface area (Å²) in [6.45, 7) is 0. The van der Waals surface area contributed by atoms with Crippen LogP contribution in [0.4, 0.5) is 0 Å². The summed E-state index contributed by atoms with van der Waals surface area (Å²) in [5.41, 5.74) is 0. The minimum atomic E-state index is 0. The summed E-state index contributed by atoms with van der Waals surface area (Å²) in [5.74, 6) is 0. The van der Waals surface area contributed by atoms with Gasteiger partial charge < -0.3 is 0 Å². The van der Waals surface area contributed by atoms with Gasteiger partial charge in [0.2, 0.25) is 0 Å². The molecule has 0 atom stereocenters. The summed E-state index contributed by atoms with van der Waals surface area (Å²) < 4.78 is 1.13. The summed E-state index contributed by atoms with van der Waals surface area (Å²) in [6.07, 6.45) is 0. The predicted molar refractivity (Wildman–Crippen MR) is 42.7 cm³/mol. The van der Waals surface area contributed by atoms with Gasteiger partial charge in [-0.1, -0.05) is 34.1 Å². The highest BCUT2D eigenvalue weighted by Gasteiger charge is 1.74. The van der Waals surface area contributed by atoms with Crippen molar-refractivity contribution in [3.05, 3.63) is 34.8 Å². The molecular formula is C6H7BrMg. The zero-order valence-corrected chi connectivity index (χ0v) is 5.35. The second-order valence-corrected chi connectivity index (χ2v) is 2.21. The highest BCUT2D eigenvalue weighted by atomic mass is 79.9. The Bertz CT molecular complexity index is 138. The van der Waals surface area contributed by atoms with Crippen LogP contribution in [-0.2, 0) is 0 Å². The van der Waals surface area contributed by atoms with Crippen LogP contribution >= 0.6 is 15.9 Å². The molecule has 2 heteroatoms. The van der Waals surface area contributed by atoms with Crippen LogP contribution in [0.25, 0.3) is 0 Å². The molecule has 0 saturated heterocycles. The molecule has 0 radical (unpaired) electrons. The van der Waals surface area contributed by atoms with Crippen LogP contribution in [0, 0.1) is 0 Å². The van der Waals surface area contributed by atoms with Gasteiger partial charge in [-0.3, -0.25) is 0 Å². The van der Waals surface area contributed by atoms with Gasteiger partial charge in [0.15, 0.2) is 0 Å². The molecule has 0 nitrogen and oxygen atoms in total. The van der Waals surface area contributed by atoms with E-state index in [1.54, 1.807) is 0 Å². The van der Waals surface area contributed by atoms with Gasteiger partial charge in [-0.2, -0.15) is 0 Å². The molecule has 0 heterocycles. The Morgan fingerprint density at radius 1 is 1.00 bits per heavy atom. The number of rotatable bonds is 0. The average molecular weight is 183 g/mol. The van der Waals surface area contributed by atoms with Gasteiger partial charge in [0.25, 0.3) is 0 Å². The first-order valence-electron chi connectivity index (χ1n) is 2.10. The van der Waals surface area contributed by atoms with Crippen LogP contribution in [0.5, 0.6) is 0 Å². The van der Waals surface area contributed by atoms with E-state index in [9.17, 15) is 0 Å². The van der Waals surface area contributed by atoms with E-state index < -0.39 is 0 Å². The fraction of sp³-hybridized carbons (Fsp3) is 0. The largest absolute Gasteiger partial charge is 0.316 e. The molecule has 40 valence electrons. The van der Waals surface area contributed by atoms with Gasteiger partial charge in [-0.25, -0.2) is 0 Å². The van der Waals surface area contributed by atoms with Gasteiger partial charge in [0, 0.05) is 4.47 Å². The zero-order chi connectivity index (χ0) is 5.11. The van der Waals surface area contributed by atoms with E-state index in [0.29, 0.717) is 0 Å². The lowest BCUT2D eigenvalue weighted by atomic mass is 10.4. The minimum Gasteiger partial charge on any atom is -0.0622 e. The number of benzene rings is 1. The third-order valence-electron chi connectivity index (χ3n) is 0.733. The fourth-order valence-electron chi connectivity index (χ4n) is 0.415. The Hall–Kier alpha value is 0.466. The number of hydrogen-bond acceptors (Lipinski definition) is 0. The lowest BCUT2D eigenvalue weighted by molar-refractivity contribution is 1.66. The third kappa shape index (κ3) is 2.70. The smallest absolute Gasteiger partial charge is 0.0622 e. The molecule has 8 heavy (non-hydrogen) atoms. The first-order chi connectivity index (χ1) is 3.39. The number of halogens is 1. The summed E-state index contributed by atoms with van der Waals surface area (Å²) >= 11 is 3.31. The molecule has 0 aliphatic heterocycles. The van der Waals surface area contributed by atoms with Gasteiger partial charge in [0.05, 0.1) is 0 Å². The van der Waals surface area contributed by atoms with Crippen molar-refractivity contribution in [2.45, 2.75) is 0 Å². The molecule has 0 unspecified atom stereocenters. The minimum absolute atomic E-state index is 0. The summed E-state index contributed by atoms with van der Waals surface area (Å²) in [4.78, 5) is 0. The molecule has 0 N–H and O–H groups in total. The highest BCUT2D eigenvalue weighted by Crippen LogP contribution is 2.05. The normalized spacial score (nSPS) is 7.62. The van der Waals surface area contributed by atoms with E-state index in [4.69, 9.17) is 0 Å². The Morgan fingerprint density at radius 2 is 1.50 bits per heavy atom. The van der Waals surface area contributed by atoms with E-state index in [1.807, 2.05) is 30.3 Å². The summed E-state index contributed by atoms with van der Waals surface area (Å²) in [6, 6.07) is 9.97. The predicted octanol–water partition coefficient (Wildman–Crippen LogP) is 1.53. The van der Waals surface area contributed by atoms with E-state index in [-0.39, 0.29) is 23.1 Å². The molecule has 0 saturated carbocycles. The van der Waals surface area contributed by atoms with E-state index in [0.717, 1.165) is 4.47 Å². The lowest BCUT2D eigenvalue weighted by Gasteiger charge is -1.80. The van der Waals surface area contributed by atoms with Crippen molar-refractivity contribution in [2.24, 2.45) is 0 Å². The van der Waals surface area contributed by atoms with Crippen molar-refractivity contribution >= 4 is 39.0 Å². The van der Waals surface area contributed by atoms with Crippen LogP contribution < -0.4 is 0 Å². The Morgan fingerprint density at radius 3 is 1.75 bits per heavy atom. The lowest BCUT2D eigenvalue weighted by Crippen LogP contribution is -1.55. The maximum atomic E-state index is 3.31. The number of hydrogen-bond donors (Lipinski definition) is 0. The van der Waals surface area contributed by atoms with Gasteiger partial charge in [-0.15, -0.1) is 0 Å². The van der Waals surface area contributed by atoms with E-state index in [2.05, 4.69) is 15.9 Å². The first kappa shape index (κ1) is 8.47. The molecule has 0 bridgehead atoms. The summed E-state index contributed by atoms with van der Waals surface area (Å²) in [7, 11) is 0. The molecular weight excluding hydrogens is 176 g/mol. The van der Waals surface area contributed by atoms with E-state index in [1.165, 1.54) is 0 Å². The van der Waals surface area contributed by atoms with Crippen LogP contribution in [0.1, 0.15) is 0 Å². The van der Waals surface area contributed by atoms with E-state index >= 15 is 0 Å². The van der Waals surface area contributed by atoms with Crippen LogP contribution in [0.15, 0.2) is 34.8 Å². The average Bonchev–Trinajstić information content (AvgIpc) is 1.69. The molecule has 0 aliphatic carbocycles. The van der Waals surface area contributed by atoms with Crippen LogP contribution in [-0.4, -0.2) is 23.1 Å². The van der Waals surface area contributed by atoms with Gasteiger partial charge in [0.1, 0.15) is 0 Å². The maximum absolute atomic E-state index is 3.31. The van der Waals surface area contributed by atoms with Crippen LogP contribution in [0.3, 0.4) is 0 Å². The van der Waals surface area contributed by atoms with Gasteiger partial charge >= 0.3 is 23.1 Å². The Kier molecular flexibility index (Phi) is 4.61. The molecule has 0 amide bonds. The molecule has 0 fully saturated rings. The van der Waals surface area contributed by atoms with Crippen molar-refractivity contribution in [3.63, 3.8) is 0 Å². The Balaban J connectivity index is 0.000000490. The molecule has 0 aromatic heterocycles. The first-order valence-corrected chi connectivity index (χ1v) is 2.89. The maximum Gasteiger partial charge on any atom is 0.316 e. The molecule has 1 aromatic carbocycles. The van der Waals surface area contributed by atoms with Crippen molar-refractivity contribution in [2.75, 3.05) is 0 Å². The highest BCUT2D eigenvalue weighted by molar-refractivity contribution is 9.10. The third-order valence-corrected chi connectivity index (χ3v) is 1.26. The topological polar surface area (TPSA) is 0 Å². The molecule has 0 aliphatic rings. The summed E-state index contributed by atoms with van der Waals surface area (Å²) in [5, 5.41) is 0. The standard InChI is InChI=1S/C6H5Br.Mg.2H/c7-6-4-2-1-3-5-6;;;/h1-5H;;;. The molecule has 0 spiro atoms. The van der Waals surface area contributed by atoms with Crippen LogP contribution in [0.2, 0.25) is 0 Å². The quantitative estimate of drug-likeness (QED) is 0.535. The zero-order valence-electron chi connectivity index (χ0n) is 3.76. The van der Waals surface area contributed by atoms with Crippen molar-refractivity contribution < 1.29 is 0 Å². The SMILES string of the molecule is Brc1ccccc1.[MgH2]. The van der Waals surface area contributed by atoms with Crippen molar-refractivity contribution in [1.29, 1.82) is 0 Å². The second kappa shape index (κ2) is 4.36. The molecule has 1 aromatic rings. The fourth-order valence-corrected chi connectivity index (χ4v) is 0.720. The molecule has 1 rings (SSSR count). The second-order valence-electron chi connectivity index (χ2n) is 1.30. The van der Waals surface area contributed by atoms with Crippen molar-refractivity contribution in [1.82, 2.24) is 0 Å². The Labute approximate surface area is 73.6 Å². The van der Waals surface area contributed by atoms with Crippen molar-refractivity contribution in [3.8, 4) is 0 Å². The van der Waals surface area contributed by atoms with Gasteiger partial charge in [-0.05, 0) is 12.1 Å². The monoisotopic (exact) mass is 182 g/mol.